The average Bonchev–Trinajstić information content (AvgIpc) is 3.32. The highest BCUT2D eigenvalue weighted by Crippen LogP contribution is 2.21. The number of hydrogen-bond acceptors (Lipinski definition) is 3. The Labute approximate surface area is 169 Å². The van der Waals surface area contributed by atoms with Gasteiger partial charge in [-0.05, 0) is 35.9 Å². The lowest BCUT2D eigenvalue weighted by Crippen LogP contribution is -2.17. The number of carbonyl (C=O) groups is 1. The molecular formula is C20H14ClF2N5O. The Hall–Kier alpha value is -3.52. The maximum atomic E-state index is 13.4. The van der Waals surface area contributed by atoms with E-state index in [-0.39, 0.29) is 17.9 Å². The second-order valence-electron chi connectivity index (χ2n) is 6.21. The van der Waals surface area contributed by atoms with Gasteiger partial charge in [-0.3, -0.25) is 4.79 Å². The van der Waals surface area contributed by atoms with E-state index in [9.17, 15) is 13.6 Å². The Morgan fingerprint density at radius 2 is 1.72 bits per heavy atom. The van der Waals surface area contributed by atoms with Crippen molar-refractivity contribution in [3.8, 4) is 5.82 Å². The largest absolute Gasteiger partial charge is 0.320 e. The molecule has 0 aliphatic rings. The van der Waals surface area contributed by atoms with E-state index in [4.69, 9.17) is 11.6 Å². The molecule has 0 saturated heterocycles. The third-order valence-electron chi connectivity index (χ3n) is 4.17. The van der Waals surface area contributed by atoms with Gasteiger partial charge in [0, 0.05) is 29.2 Å². The minimum Gasteiger partial charge on any atom is -0.320 e. The van der Waals surface area contributed by atoms with Gasteiger partial charge in [0.2, 0.25) is 0 Å². The molecule has 1 amide bonds. The second-order valence-corrected chi connectivity index (χ2v) is 6.62. The number of nitrogens with zero attached hydrogens (tertiary/aromatic N) is 4. The topological polar surface area (TPSA) is 64.7 Å². The molecule has 29 heavy (non-hydrogen) atoms. The zero-order valence-electron chi connectivity index (χ0n) is 14.9. The van der Waals surface area contributed by atoms with Gasteiger partial charge in [0.15, 0.2) is 11.5 Å². The predicted octanol–water partition coefficient (Wildman–Crippen LogP) is 4.30. The summed E-state index contributed by atoms with van der Waals surface area (Å²) in [4.78, 5) is 12.8. The van der Waals surface area contributed by atoms with Gasteiger partial charge in [-0.15, -0.1) is 5.10 Å². The van der Waals surface area contributed by atoms with Crippen molar-refractivity contribution in [1.82, 2.24) is 19.6 Å². The van der Waals surface area contributed by atoms with Gasteiger partial charge < -0.3 is 9.88 Å². The van der Waals surface area contributed by atoms with Crippen molar-refractivity contribution in [2.75, 3.05) is 5.32 Å². The molecule has 0 aliphatic heterocycles. The van der Waals surface area contributed by atoms with Crippen LogP contribution in [-0.4, -0.2) is 25.5 Å². The van der Waals surface area contributed by atoms with Gasteiger partial charge in [-0.1, -0.05) is 35.0 Å². The first-order valence-corrected chi connectivity index (χ1v) is 8.97. The minimum atomic E-state index is -0.798. The number of amides is 1. The highest BCUT2D eigenvalue weighted by atomic mass is 35.5. The van der Waals surface area contributed by atoms with Crippen LogP contribution in [0.15, 0.2) is 67.0 Å². The fraction of sp³-hybridized carbons (Fsp3) is 0.0500. The van der Waals surface area contributed by atoms with E-state index >= 15 is 0 Å². The number of hydrogen-bond donors (Lipinski definition) is 1. The SMILES string of the molecule is O=C(Nc1cc(F)cc(F)c1)c1nnn(Cc2ccccc2Cl)c1-n1cccc1. The Balaban J connectivity index is 1.71. The first kappa shape index (κ1) is 18.8. The van der Waals surface area contributed by atoms with Crippen LogP contribution in [-0.2, 0) is 6.54 Å². The molecule has 0 atom stereocenters. The van der Waals surface area contributed by atoms with E-state index < -0.39 is 17.5 Å². The normalized spacial score (nSPS) is 10.9. The van der Waals surface area contributed by atoms with E-state index in [0.29, 0.717) is 10.8 Å². The molecule has 4 rings (SSSR count). The lowest BCUT2D eigenvalue weighted by molar-refractivity contribution is 0.102. The molecule has 1 N–H and O–H groups in total. The van der Waals surface area contributed by atoms with Gasteiger partial charge >= 0.3 is 0 Å². The molecule has 2 aromatic heterocycles. The van der Waals surface area contributed by atoms with E-state index in [1.807, 2.05) is 18.2 Å². The van der Waals surface area contributed by atoms with Gasteiger partial charge in [0.25, 0.3) is 5.91 Å². The van der Waals surface area contributed by atoms with Gasteiger partial charge in [-0.25, -0.2) is 13.5 Å². The van der Waals surface area contributed by atoms with Crippen molar-refractivity contribution in [2.45, 2.75) is 6.54 Å². The van der Waals surface area contributed by atoms with E-state index in [2.05, 4.69) is 15.6 Å². The molecule has 0 saturated carbocycles. The Morgan fingerprint density at radius 1 is 1.03 bits per heavy atom. The molecule has 0 unspecified atom stereocenters. The van der Waals surface area contributed by atoms with Crippen LogP contribution in [0.4, 0.5) is 14.5 Å². The Kier molecular flexibility index (Phi) is 5.09. The molecule has 6 nitrogen and oxygen atoms in total. The summed E-state index contributed by atoms with van der Waals surface area (Å²) in [6.45, 7) is 0.280. The molecule has 2 aromatic carbocycles. The van der Waals surface area contributed by atoms with Crippen LogP contribution in [0.2, 0.25) is 5.02 Å². The van der Waals surface area contributed by atoms with Crippen LogP contribution < -0.4 is 5.32 Å². The lowest BCUT2D eigenvalue weighted by atomic mass is 10.2. The first-order valence-electron chi connectivity index (χ1n) is 8.59. The fourth-order valence-corrected chi connectivity index (χ4v) is 3.09. The summed E-state index contributed by atoms with van der Waals surface area (Å²) >= 11 is 6.24. The third-order valence-corrected chi connectivity index (χ3v) is 4.54. The first-order chi connectivity index (χ1) is 14.0. The van der Waals surface area contributed by atoms with Crippen molar-refractivity contribution in [2.24, 2.45) is 0 Å². The van der Waals surface area contributed by atoms with Crippen LogP contribution >= 0.6 is 11.6 Å². The highest BCUT2D eigenvalue weighted by Gasteiger charge is 2.22. The number of anilines is 1. The summed E-state index contributed by atoms with van der Waals surface area (Å²) in [6, 6.07) is 13.6. The van der Waals surface area contributed by atoms with E-state index in [1.54, 1.807) is 35.2 Å². The maximum Gasteiger partial charge on any atom is 0.280 e. The van der Waals surface area contributed by atoms with E-state index in [0.717, 1.165) is 23.8 Å². The van der Waals surface area contributed by atoms with Crippen LogP contribution in [0.25, 0.3) is 5.82 Å². The summed E-state index contributed by atoms with van der Waals surface area (Å²) < 4.78 is 30.1. The monoisotopic (exact) mass is 413 g/mol. The van der Waals surface area contributed by atoms with Gasteiger partial charge in [0.1, 0.15) is 11.6 Å². The highest BCUT2D eigenvalue weighted by molar-refractivity contribution is 6.31. The number of aromatic nitrogens is 4. The summed E-state index contributed by atoms with van der Waals surface area (Å²) in [5.41, 5.74) is 0.774. The summed E-state index contributed by atoms with van der Waals surface area (Å²) in [5, 5.41) is 11.1. The molecule has 0 fully saturated rings. The number of benzene rings is 2. The maximum absolute atomic E-state index is 13.4. The molecule has 0 aliphatic carbocycles. The molecule has 4 aromatic rings. The quantitative estimate of drug-likeness (QED) is 0.530. The Bertz CT molecular complexity index is 1150. The molecule has 9 heteroatoms. The predicted molar refractivity (Wildman–Crippen MR) is 104 cm³/mol. The fourth-order valence-electron chi connectivity index (χ4n) is 2.90. The molecule has 0 bridgehead atoms. The van der Waals surface area contributed by atoms with Crippen molar-refractivity contribution < 1.29 is 13.6 Å². The summed E-state index contributed by atoms with van der Waals surface area (Å²) in [7, 11) is 0. The van der Waals surface area contributed by atoms with Crippen molar-refractivity contribution in [1.29, 1.82) is 0 Å². The van der Waals surface area contributed by atoms with Crippen LogP contribution in [0.5, 0.6) is 0 Å². The van der Waals surface area contributed by atoms with Crippen molar-refractivity contribution >= 4 is 23.2 Å². The van der Waals surface area contributed by atoms with Gasteiger partial charge in [-0.2, -0.15) is 0 Å². The molecule has 0 spiro atoms. The van der Waals surface area contributed by atoms with E-state index in [1.165, 1.54) is 4.68 Å². The molecule has 146 valence electrons. The second kappa shape index (κ2) is 7.84. The summed E-state index contributed by atoms with van der Waals surface area (Å²) in [5.74, 6) is -1.85. The smallest absolute Gasteiger partial charge is 0.280 e. The lowest BCUT2D eigenvalue weighted by Gasteiger charge is -2.10. The molecular weight excluding hydrogens is 400 g/mol. The van der Waals surface area contributed by atoms with Crippen molar-refractivity contribution in [3.05, 3.63) is 94.9 Å². The van der Waals surface area contributed by atoms with Crippen LogP contribution in [0.1, 0.15) is 16.1 Å². The number of rotatable bonds is 5. The third kappa shape index (κ3) is 4.02. The van der Waals surface area contributed by atoms with Crippen LogP contribution in [0.3, 0.4) is 0 Å². The zero-order chi connectivity index (χ0) is 20.4. The minimum absolute atomic E-state index is 0.00192. The number of carbonyl (C=O) groups excluding carboxylic acids is 1. The van der Waals surface area contributed by atoms with Gasteiger partial charge in [0.05, 0.1) is 6.54 Å². The number of halogens is 3. The standard InChI is InChI=1S/C20H14ClF2N5O/c21-17-6-2-1-5-13(17)12-28-20(27-7-3-4-8-27)18(25-26-28)19(29)24-16-10-14(22)9-15(23)11-16/h1-11H,12H2,(H,24,29). The summed E-state index contributed by atoms with van der Waals surface area (Å²) in [6.07, 6.45) is 3.47. The molecule has 2 heterocycles. The zero-order valence-corrected chi connectivity index (χ0v) is 15.6. The molecule has 0 radical (unpaired) electrons. The number of nitrogens with one attached hydrogen (secondary N) is 1. The Morgan fingerprint density at radius 3 is 2.41 bits per heavy atom. The van der Waals surface area contributed by atoms with Crippen LogP contribution in [0, 0.1) is 11.6 Å². The van der Waals surface area contributed by atoms with Crippen molar-refractivity contribution in [3.63, 3.8) is 0 Å². The average molecular weight is 414 g/mol.